The summed E-state index contributed by atoms with van der Waals surface area (Å²) in [6, 6.07) is 83.2. The van der Waals surface area contributed by atoms with Crippen LogP contribution in [0, 0.1) is 0 Å². The minimum Gasteiger partial charge on any atom is -0.212 e. The molecule has 3 aliphatic carbocycles. The van der Waals surface area contributed by atoms with Gasteiger partial charge in [0.05, 0.1) is 5.41 Å². The maximum Gasteiger partial charge on any atom is 0.163 e. The maximum atomic E-state index is 5.55. The summed E-state index contributed by atoms with van der Waals surface area (Å²) < 4.78 is 0. The Morgan fingerprint density at radius 2 is 0.761 bits per heavy atom. The molecule has 1 aromatic heterocycles. The van der Waals surface area contributed by atoms with E-state index in [9.17, 15) is 0 Å². The Hall–Kier alpha value is -8.53. The van der Waals surface area contributed by atoms with Gasteiger partial charge in [0.25, 0.3) is 0 Å². The average molecular weight is 854 g/mol. The van der Waals surface area contributed by atoms with Crippen LogP contribution >= 0.6 is 0 Å². The number of hydrogen-bond donors (Lipinski definition) is 0. The number of fused-ring (bicyclic) bond motifs is 10. The van der Waals surface area contributed by atoms with Gasteiger partial charge in [-0.1, -0.05) is 218 Å². The number of benzene rings is 9. The summed E-state index contributed by atoms with van der Waals surface area (Å²) in [6.45, 7) is 0. The Morgan fingerprint density at radius 3 is 1.30 bits per heavy atom. The van der Waals surface area contributed by atoms with Crippen LogP contribution < -0.4 is 0 Å². The summed E-state index contributed by atoms with van der Waals surface area (Å²) in [5, 5.41) is 0. The second kappa shape index (κ2) is 15.9. The Kier molecular flexibility index (Phi) is 9.21. The topological polar surface area (TPSA) is 38.7 Å². The molecule has 1 spiro atoms. The molecule has 3 nitrogen and oxygen atoms in total. The lowest BCUT2D eigenvalue weighted by molar-refractivity contribution is 0.774. The monoisotopic (exact) mass is 853 g/mol. The maximum absolute atomic E-state index is 5.55. The zero-order valence-electron chi connectivity index (χ0n) is 36.7. The van der Waals surface area contributed by atoms with Crippen LogP contribution in [0.15, 0.2) is 243 Å². The number of rotatable bonds is 7. The first-order valence-corrected chi connectivity index (χ1v) is 23.2. The summed E-state index contributed by atoms with van der Waals surface area (Å²) in [7, 11) is 0. The van der Waals surface area contributed by atoms with Crippen LogP contribution in [0.25, 0.3) is 78.4 Å². The van der Waals surface area contributed by atoms with Gasteiger partial charge in [-0.05, 0) is 120 Å². The van der Waals surface area contributed by atoms with Crippen LogP contribution in [0.3, 0.4) is 0 Å². The van der Waals surface area contributed by atoms with Gasteiger partial charge in [0.1, 0.15) is 5.82 Å². The van der Waals surface area contributed by atoms with Crippen molar-refractivity contribution in [1.82, 2.24) is 15.0 Å². The lowest BCUT2D eigenvalue weighted by atomic mass is 9.70. The molecule has 10 aromatic rings. The summed E-state index contributed by atoms with van der Waals surface area (Å²) >= 11 is 0. The lowest BCUT2D eigenvalue weighted by Gasteiger charge is -2.30. The van der Waals surface area contributed by atoms with Gasteiger partial charge < -0.3 is 0 Å². The lowest BCUT2D eigenvalue weighted by Crippen LogP contribution is -2.25. The highest BCUT2D eigenvalue weighted by atomic mass is 15.0. The molecule has 1 heterocycles. The van der Waals surface area contributed by atoms with Crippen LogP contribution in [-0.2, 0) is 5.41 Å². The second-order valence-corrected chi connectivity index (χ2v) is 17.9. The quantitative estimate of drug-likeness (QED) is 0.160. The first kappa shape index (κ1) is 38.9. The zero-order chi connectivity index (χ0) is 44.3. The summed E-state index contributed by atoms with van der Waals surface area (Å²) in [5.41, 5.74) is 20.9. The number of hydrogen-bond acceptors (Lipinski definition) is 3. The SMILES string of the molecule is C1=C(c2ccccc2)C=C(c2ccccc2)CC1c1nc(-c2cc(-c3ccccc3)cc(-c3ccccc3)c2)nc(-c2ccc3c(c2)C2(c4ccccc4-c4ccccc42)c2ccccc2-3)n1. The van der Waals surface area contributed by atoms with E-state index in [0.717, 1.165) is 51.2 Å². The van der Waals surface area contributed by atoms with Gasteiger partial charge >= 0.3 is 0 Å². The molecule has 0 aliphatic heterocycles. The molecule has 3 heteroatoms. The molecule has 3 aliphatic rings. The standard InChI is InChI=1S/C64H43N3/c1-5-19-42(20-6-1)47-35-48(43-21-7-2-8-22-43)38-51(37-47)62-65-61(66-63(67-62)52-39-49(44-23-9-3-10-24-44)36-50(40-52)45-25-11-4-12-26-45)46-33-34-56-55-29-15-18-32-59(55)64(60(56)41-46)57-30-16-13-27-53(57)54-28-14-17-31-58(54)64/h1-39,41,52H,40H2. The molecule has 0 saturated carbocycles. The molecule has 0 N–H and O–H groups in total. The van der Waals surface area contributed by atoms with Crippen molar-refractivity contribution in [2.24, 2.45) is 0 Å². The number of allylic oxidation sites excluding steroid dienone is 4. The van der Waals surface area contributed by atoms with Crippen molar-refractivity contribution in [2.75, 3.05) is 0 Å². The highest BCUT2D eigenvalue weighted by Crippen LogP contribution is 2.63. The molecule has 0 bridgehead atoms. The molecule has 0 radical (unpaired) electrons. The summed E-state index contributed by atoms with van der Waals surface area (Å²) in [4.78, 5) is 16.6. The van der Waals surface area contributed by atoms with E-state index >= 15 is 0 Å². The van der Waals surface area contributed by atoms with Crippen molar-refractivity contribution in [3.8, 4) is 67.3 Å². The van der Waals surface area contributed by atoms with Crippen molar-refractivity contribution < 1.29 is 0 Å². The van der Waals surface area contributed by atoms with Gasteiger partial charge in [-0.2, -0.15) is 0 Å². The Bertz CT molecular complexity index is 3470. The van der Waals surface area contributed by atoms with E-state index < -0.39 is 5.41 Å². The third-order valence-corrected chi connectivity index (χ3v) is 14.0. The van der Waals surface area contributed by atoms with Gasteiger partial charge in [-0.15, -0.1) is 0 Å². The summed E-state index contributed by atoms with van der Waals surface area (Å²) in [5.74, 6) is 1.93. The minimum absolute atomic E-state index is 0.125. The first-order chi connectivity index (χ1) is 33.2. The zero-order valence-corrected chi connectivity index (χ0v) is 36.7. The number of aromatic nitrogens is 3. The highest BCUT2D eigenvalue weighted by Gasteiger charge is 2.51. The Balaban J connectivity index is 1.05. The van der Waals surface area contributed by atoms with E-state index in [2.05, 4.69) is 243 Å². The van der Waals surface area contributed by atoms with E-state index in [-0.39, 0.29) is 5.92 Å². The predicted molar refractivity (Wildman–Crippen MR) is 274 cm³/mol. The average Bonchev–Trinajstić information content (AvgIpc) is 3.88. The van der Waals surface area contributed by atoms with Crippen LogP contribution in [0.1, 0.15) is 51.5 Å². The van der Waals surface area contributed by atoms with Crippen LogP contribution in [0.4, 0.5) is 0 Å². The van der Waals surface area contributed by atoms with Crippen LogP contribution in [0.2, 0.25) is 0 Å². The fourth-order valence-electron chi connectivity index (χ4n) is 11.0. The summed E-state index contributed by atoms with van der Waals surface area (Å²) in [6.07, 6.45) is 5.45. The fourth-order valence-corrected chi connectivity index (χ4v) is 11.0. The van der Waals surface area contributed by atoms with Gasteiger partial charge in [0, 0.05) is 17.0 Å². The molecule has 0 amide bonds. The molecule has 13 rings (SSSR count). The Labute approximate surface area is 391 Å². The molecule has 0 saturated heterocycles. The third kappa shape index (κ3) is 6.46. The molecule has 9 aromatic carbocycles. The van der Waals surface area contributed by atoms with E-state index in [4.69, 9.17) is 15.0 Å². The molecular formula is C64H43N3. The van der Waals surface area contributed by atoms with Gasteiger partial charge in [0.15, 0.2) is 11.6 Å². The largest absolute Gasteiger partial charge is 0.212 e. The van der Waals surface area contributed by atoms with Crippen LogP contribution in [0.5, 0.6) is 0 Å². The van der Waals surface area contributed by atoms with E-state index in [1.165, 1.54) is 61.2 Å². The van der Waals surface area contributed by atoms with Crippen molar-refractivity contribution >= 4 is 11.1 Å². The molecule has 1 unspecified atom stereocenters. The van der Waals surface area contributed by atoms with Gasteiger partial charge in [-0.25, -0.2) is 15.0 Å². The fraction of sp³-hybridized carbons (Fsp3) is 0.0469. The molecule has 1 atom stereocenters. The highest BCUT2D eigenvalue weighted by molar-refractivity contribution is 5.96. The second-order valence-electron chi connectivity index (χ2n) is 17.9. The number of nitrogens with zero attached hydrogens (tertiary/aromatic N) is 3. The van der Waals surface area contributed by atoms with E-state index in [0.29, 0.717) is 11.6 Å². The molecule has 0 fully saturated rings. The van der Waals surface area contributed by atoms with E-state index in [1.807, 2.05) is 0 Å². The molecule has 314 valence electrons. The van der Waals surface area contributed by atoms with Crippen molar-refractivity contribution in [3.63, 3.8) is 0 Å². The molecule has 67 heavy (non-hydrogen) atoms. The van der Waals surface area contributed by atoms with Crippen molar-refractivity contribution in [3.05, 3.63) is 282 Å². The smallest absolute Gasteiger partial charge is 0.163 e. The van der Waals surface area contributed by atoms with Gasteiger partial charge in [0.2, 0.25) is 0 Å². The van der Waals surface area contributed by atoms with Crippen molar-refractivity contribution in [1.29, 1.82) is 0 Å². The minimum atomic E-state index is -0.492. The van der Waals surface area contributed by atoms with E-state index in [1.54, 1.807) is 0 Å². The first-order valence-electron chi connectivity index (χ1n) is 23.2. The van der Waals surface area contributed by atoms with Crippen LogP contribution in [-0.4, -0.2) is 15.0 Å². The Morgan fingerprint density at radius 1 is 0.328 bits per heavy atom. The molecular weight excluding hydrogens is 811 g/mol. The predicted octanol–water partition coefficient (Wildman–Crippen LogP) is 15.5. The normalized spacial score (nSPS) is 15.0. The third-order valence-electron chi connectivity index (χ3n) is 14.0. The van der Waals surface area contributed by atoms with Gasteiger partial charge in [-0.3, -0.25) is 0 Å². The van der Waals surface area contributed by atoms with Crippen molar-refractivity contribution in [2.45, 2.75) is 17.8 Å².